The molecule has 2 aromatic carbocycles. The molecule has 0 unspecified atom stereocenters. The van der Waals surface area contributed by atoms with E-state index in [2.05, 4.69) is 31.3 Å². The molecular formula is C23H22BrN5O3. The highest BCUT2D eigenvalue weighted by Crippen LogP contribution is 2.45. The van der Waals surface area contributed by atoms with Crippen LogP contribution in [-0.2, 0) is 4.79 Å². The number of ketones is 1. The number of hydrogen-bond donors (Lipinski definition) is 2. The van der Waals surface area contributed by atoms with Gasteiger partial charge in [0.05, 0.1) is 14.2 Å². The molecule has 0 saturated carbocycles. The molecule has 164 valence electrons. The van der Waals surface area contributed by atoms with Crippen LogP contribution in [0.4, 0.5) is 11.9 Å². The summed E-state index contributed by atoms with van der Waals surface area (Å²) in [5.41, 5.74) is 9.43. The number of allylic oxidation sites excluding steroid dienone is 2. The SMILES string of the molecule is COc1ccc([C@H]2CC(=O)C3=C(C2)Nc2nc(N)nn2[C@H]3c2cccc(Br)c2)cc1OC. The van der Waals surface area contributed by atoms with Crippen LogP contribution in [0.2, 0.25) is 0 Å². The lowest BCUT2D eigenvalue weighted by molar-refractivity contribution is -0.116. The Labute approximate surface area is 193 Å². The van der Waals surface area contributed by atoms with Gasteiger partial charge < -0.3 is 20.5 Å². The van der Waals surface area contributed by atoms with Crippen LogP contribution in [0.3, 0.4) is 0 Å². The van der Waals surface area contributed by atoms with Gasteiger partial charge in [-0.2, -0.15) is 4.98 Å². The van der Waals surface area contributed by atoms with Gasteiger partial charge in [0, 0.05) is 22.2 Å². The zero-order valence-corrected chi connectivity index (χ0v) is 19.2. The Morgan fingerprint density at radius 1 is 1.09 bits per heavy atom. The lowest BCUT2D eigenvalue weighted by atomic mass is 9.78. The number of carbonyl (C=O) groups is 1. The maximum Gasteiger partial charge on any atom is 0.241 e. The number of nitrogen functional groups attached to an aromatic ring is 1. The average Bonchev–Trinajstić information content (AvgIpc) is 3.16. The van der Waals surface area contributed by atoms with Crippen LogP contribution in [0.5, 0.6) is 11.5 Å². The third-order valence-electron chi connectivity index (χ3n) is 5.98. The first-order valence-corrected chi connectivity index (χ1v) is 11.0. The van der Waals surface area contributed by atoms with Crippen LogP contribution in [0.1, 0.15) is 35.9 Å². The van der Waals surface area contributed by atoms with E-state index in [0.29, 0.717) is 35.9 Å². The fraction of sp³-hybridized carbons (Fsp3) is 0.261. The number of ether oxygens (including phenoxy) is 2. The highest BCUT2D eigenvalue weighted by atomic mass is 79.9. The van der Waals surface area contributed by atoms with Crippen LogP contribution in [0, 0.1) is 0 Å². The number of benzene rings is 2. The van der Waals surface area contributed by atoms with E-state index < -0.39 is 0 Å². The first kappa shape index (κ1) is 20.6. The van der Waals surface area contributed by atoms with Gasteiger partial charge in [-0.3, -0.25) is 4.79 Å². The quantitative estimate of drug-likeness (QED) is 0.562. The summed E-state index contributed by atoms with van der Waals surface area (Å²) in [5, 5.41) is 7.69. The standard InChI is InChI=1S/C23H22BrN5O3/c1-31-18-7-6-12(11-19(18)32-2)14-9-16-20(17(30)10-14)21(13-4-3-5-15(24)8-13)29-23(26-16)27-22(25)28-29/h3-8,11,14,21H,9-10H2,1-2H3,(H3,25,26,27,28)/t14-,21+/m1/s1. The number of fused-ring (bicyclic) bond motifs is 1. The number of anilines is 2. The van der Waals surface area contributed by atoms with E-state index in [1.807, 2.05) is 42.5 Å². The monoisotopic (exact) mass is 495 g/mol. The van der Waals surface area contributed by atoms with E-state index in [1.54, 1.807) is 18.9 Å². The summed E-state index contributed by atoms with van der Waals surface area (Å²) >= 11 is 3.53. The van der Waals surface area contributed by atoms with Gasteiger partial charge in [0.15, 0.2) is 17.3 Å². The van der Waals surface area contributed by atoms with Gasteiger partial charge in [-0.15, -0.1) is 5.10 Å². The van der Waals surface area contributed by atoms with Gasteiger partial charge in [0.1, 0.15) is 6.04 Å². The molecule has 0 amide bonds. The van der Waals surface area contributed by atoms with Crippen molar-refractivity contribution in [2.24, 2.45) is 0 Å². The number of aromatic nitrogens is 3. The van der Waals surface area contributed by atoms with Crippen LogP contribution < -0.4 is 20.5 Å². The van der Waals surface area contributed by atoms with Crippen LogP contribution in [-0.4, -0.2) is 34.8 Å². The van der Waals surface area contributed by atoms with Gasteiger partial charge in [0.2, 0.25) is 11.9 Å². The molecule has 0 bridgehead atoms. The second-order valence-electron chi connectivity index (χ2n) is 7.86. The maximum absolute atomic E-state index is 13.5. The van der Waals surface area contributed by atoms with Gasteiger partial charge in [0.25, 0.3) is 0 Å². The number of halogens is 1. The van der Waals surface area contributed by atoms with Crippen LogP contribution in [0.25, 0.3) is 0 Å². The molecule has 2 aliphatic rings. The number of nitrogens with one attached hydrogen (secondary N) is 1. The summed E-state index contributed by atoms with van der Waals surface area (Å²) in [7, 11) is 3.21. The molecule has 1 aromatic heterocycles. The highest BCUT2D eigenvalue weighted by Gasteiger charge is 2.39. The Balaban J connectivity index is 1.58. The Bertz CT molecular complexity index is 1250. The minimum Gasteiger partial charge on any atom is -0.493 e. The topological polar surface area (TPSA) is 104 Å². The first-order valence-electron chi connectivity index (χ1n) is 10.2. The molecule has 5 rings (SSSR count). The van der Waals surface area contributed by atoms with Gasteiger partial charge in [-0.1, -0.05) is 34.1 Å². The molecule has 9 heteroatoms. The van der Waals surface area contributed by atoms with Crippen molar-refractivity contribution in [3.8, 4) is 11.5 Å². The zero-order chi connectivity index (χ0) is 22.4. The van der Waals surface area contributed by atoms with Crippen molar-refractivity contribution >= 4 is 33.6 Å². The number of carbonyl (C=O) groups excluding carboxylic acids is 1. The molecule has 2 heterocycles. The van der Waals surface area contributed by atoms with Crippen molar-refractivity contribution < 1.29 is 14.3 Å². The van der Waals surface area contributed by atoms with Crippen LogP contribution in [0.15, 0.2) is 58.2 Å². The highest BCUT2D eigenvalue weighted by molar-refractivity contribution is 9.10. The Hall–Kier alpha value is -3.33. The Morgan fingerprint density at radius 3 is 2.66 bits per heavy atom. The molecule has 3 N–H and O–H groups in total. The Kier molecular flexibility index (Phi) is 5.13. The molecule has 32 heavy (non-hydrogen) atoms. The van der Waals surface area contributed by atoms with Crippen LogP contribution >= 0.6 is 15.9 Å². The molecule has 2 atom stereocenters. The van der Waals surface area contributed by atoms with Crippen molar-refractivity contribution in [3.63, 3.8) is 0 Å². The molecule has 0 fully saturated rings. The molecule has 1 aliphatic heterocycles. The molecule has 0 radical (unpaired) electrons. The number of nitrogens with zero attached hydrogens (tertiary/aromatic N) is 3. The van der Waals surface area contributed by atoms with Gasteiger partial charge in [-0.25, -0.2) is 4.68 Å². The van der Waals surface area contributed by atoms with E-state index in [0.717, 1.165) is 21.3 Å². The smallest absolute Gasteiger partial charge is 0.241 e. The second kappa shape index (κ2) is 7.98. The lowest BCUT2D eigenvalue weighted by Crippen LogP contribution is -2.33. The largest absolute Gasteiger partial charge is 0.493 e. The van der Waals surface area contributed by atoms with E-state index in [9.17, 15) is 4.79 Å². The maximum atomic E-state index is 13.5. The van der Waals surface area contributed by atoms with E-state index in [1.165, 1.54) is 0 Å². The zero-order valence-electron chi connectivity index (χ0n) is 17.6. The molecule has 3 aromatic rings. The van der Waals surface area contributed by atoms with Crippen molar-refractivity contribution in [3.05, 3.63) is 69.3 Å². The average molecular weight is 496 g/mol. The molecule has 0 spiro atoms. The van der Waals surface area contributed by atoms with E-state index >= 15 is 0 Å². The Morgan fingerprint density at radius 2 is 1.91 bits per heavy atom. The number of rotatable bonds is 4. The van der Waals surface area contributed by atoms with Crippen molar-refractivity contribution in [1.29, 1.82) is 0 Å². The third-order valence-corrected chi connectivity index (χ3v) is 6.47. The van der Waals surface area contributed by atoms with Gasteiger partial charge >= 0.3 is 0 Å². The second-order valence-corrected chi connectivity index (χ2v) is 8.77. The fourth-order valence-electron chi connectivity index (χ4n) is 4.56. The molecule has 1 aliphatic carbocycles. The van der Waals surface area contributed by atoms with Crippen molar-refractivity contribution in [1.82, 2.24) is 14.8 Å². The minimum absolute atomic E-state index is 0.00327. The normalized spacial score (nSPS) is 19.8. The number of hydrogen-bond acceptors (Lipinski definition) is 7. The van der Waals surface area contributed by atoms with Gasteiger partial charge in [-0.05, 0) is 47.7 Å². The summed E-state index contributed by atoms with van der Waals surface area (Å²) < 4.78 is 13.4. The lowest BCUT2D eigenvalue weighted by Gasteiger charge is -2.35. The number of nitrogens with two attached hydrogens (primary N) is 1. The summed E-state index contributed by atoms with van der Waals surface area (Å²) in [5.74, 6) is 2.08. The summed E-state index contributed by atoms with van der Waals surface area (Å²) in [6.45, 7) is 0. The summed E-state index contributed by atoms with van der Waals surface area (Å²) in [6, 6.07) is 13.3. The third kappa shape index (κ3) is 3.42. The summed E-state index contributed by atoms with van der Waals surface area (Å²) in [6.07, 6.45) is 1.05. The van der Waals surface area contributed by atoms with E-state index in [-0.39, 0.29) is 23.7 Å². The minimum atomic E-state index is -0.387. The van der Waals surface area contributed by atoms with Crippen molar-refractivity contribution in [2.75, 3.05) is 25.3 Å². The molecule has 0 saturated heterocycles. The first-order chi connectivity index (χ1) is 15.5. The number of Topliss-reactive ketones (excluding diaryl/α,β-unsaturated/α-hetero) is 1. The molecular weight excluding hydrogens is 474 g/mol. The van der Waals surface area contributed by atoms with Crippen molar-refractivity contribution in [2.45, 2.75) is 24.8 Å². The predicted molar refractivity (Wildman–Crippen MR) is 124 cm³/mol. The fourth-order valence-corrected chi connectivity index (χ4v) is 4.97. The summed E-state index contributed by atoms with van der Waals surface area (Å²) in [4.78, 5) is 17.9. The predicted octanol–water partition coefficient (Wildman–Crippen LogP) is 4.06. The van der Waals surface area contributed by atoms with E-state index in [4.69, 9.17) is 15.2 Å². The number of methoxy groups -OCH3 is 2. The molecule has 8 nitrogen and oxygen atoms in total.